The molecule has 1 heterocycles. The van der Waals surface area contributed by atoms with Crippen LogP contribution in [0.2, 0.25) is 0 Å². The fourth-order valence-electron chi connectivity index (χ4n) is 10.7. The first kappa shape index (κ1) is 31.0. The zero-order valence-electron chi connectivity index (χ0n) is 31.0. The van der Waals surface area contributed by atoms with Crippen molar-refractivity contribution in [3.63, 3.8) is 0 Å². The molecule has 0 amide bonds. The molecule has 0 aromatic heterocycles. The normalized spacial score (nSPS) is 17.3. The second kappa shape index (κ2) is 11.4. The molecule has 2 atom stereocenters. The van der Waals surface area contributed by atoms with Crippen LogP contribution in [0.3, 0.4) is 0 Å². The van der Waals surface area contributed by atoms with Crippen molar-refractivity contribution in [2.45, 2.75) is 11.6 Å². The van der Waals surface area contributed by atoms with Gasteiger partial charge in [0.1, 0.15) is 6.17 Å². The molecule has 1 N–H and O–H groups in total. The lowest BCUT2D eigenvalue weighted by atomic mass is 9.69. The Labute approximate surface area is 331 Å². The van der Waals surface area contributed by atoms with Crippen LogP contribution in [0.4, 0.5) is 5.69 Å². The highest BCUT2D eigenvalue weighted by Gasteiger charge is 2.53. The van der Waals surface area contributed by atoms with Crippen molar-refractivity contribution in [1.29, 1.82) is 0 Å². The number of anilines is 1. The maximum atomic E-state index is 5.55. The molecule has 2 unspecified atom stereocenters. The highest BCUT2D eigenvalue weighted by molar-refractivity contribution is 6.21. The minimum absolute atomic E-state index is 0.269. The van der Waals surface area contributed by atoms with Crippen LogP contribution in [0, 0.1) is 0 Å². The van der Waals surface area contributed by atoms with Crippen LogP contribution in [-0.4, -0.2) is 5.71 Å². The smallest absolute Gasteiger partial charge is 0.145 e. The number of hydrogen-bond donors (Lipinski definition) is 1. The summed E-state index contributed by atoms with van der Waals surface area (Å²) in [6, 6.07) is 71.9. The predicted octanol–water partition coefficient (Wildman–Crippen LogP) is 13.5. The Bertz CT molecular complexity index is 3210. The van der Waals surface area contributed by atoms with Crippen LogP contribution >= 0.6 is 0 Å². The van der Waals surface area contributed by atoms with Crippen LogP contribution < -0.4 is 5.32 Å². The van der Waals surface area contributed by atoms with Gasteiger partial charge in [-0.15, -0.1) is 0 Å². The maximum Gasteiger partial charge on any atom is 0.145 e. The summed E-state index contributed by atoms with van der Waals surface area (Å²) in [6.45, 7) is 0. The number of benzene rings is 9. The Kier molecular flexibility index (Phi) is 6.18. The summed E-state index contributed by atoms with van der Waals surface area (Å²) in [6.07, 6.45) is -0.269. The number of para-hydroxylation sites is 1. The van der Waals surface area contributed by atoms with Gasteiger partial charge in [-0.1, -0.05) is 176 Å². The van der Waals surface area contributed by atoms with E-state index in [-0.39, 0.29) is 6.17 Å². The first-order valence-electron chi connectivity index (χ1n) is 19.9. The van der Waals surface area contributed by atoms with E-state index >= 15 is 0 Å². The first-order chi connectivity index (χ1) is 28.3. The summed E-state index contributed by atoms with van der Waals surface area (Å²) in [5, 5.41) is 6.56. The third-order valence-electron chi connectivity index (χ3n) is 13.1. The lowest BCUT2D eigenvalue weighted by Crippen LogP contribution is -2.26. The van der Waals surface area contributed by atoms with E-state index in [1.807, 2.05) is 0 Å². The van der Waals surface area contributed by atoms with E-state index in [9.17, 15) is 0 Å². The molecular weight excluding hydrogens is 689 g/mol. The van der Waals surface area contributed by atoms with Crippen molar-refractivity contribution in [1.82, 2.24) is 0 Å². The molecule has 13 rings (SSSR count). The quantitative estimate of drug-likeness (QED) is 0.193. The Morgan fingerprint density at radius 3 is 1.79 bits per heavy atom. The van der Waals surface area contributed by atoms with Crippen molar-refractivity contribution >= 4 is 22.2 Å². The lowest BCUT2D eigenvalue weighted by Gasteiger charge is -2.32. The standard InChI is InChI=1S/C55H34N2/c1-2-13-33(14-3-1)34-25-27-35(28-26-34)53-43-19-8-11-24-50(43)56-54(57-53)36-29-30-40-39-17-6-9-22-46(39)55(48(40)31-36)47-23-10-7-18-42(47)52-44-21-12-20-41-37-15-4-5-16-38(37)45(51(41)44)32-49(52)55/h1-32,54,56H. The number of rotatable bonds is 3. The monoisotopic (exact) mass is 722 g/mol. The van der Waals surface area contributed by atoms with Gasteiger partial charge in [-0.3, -0.25) is 4.99 Å². The second-order valence-electron chi connectivity index (χ2n) is 15.8. The van der Waals surface area contributed by atoms with Gasteiger partial charge in [0.15, 0.2) is 0 Å². The van der Waals surface area contributed by atoms with E-state index < -0.39 is 5.41 Å². The summed E-state index contributed by atoms with van der Waals surface area (Å²) in [4.78, 5) is 5.55. The molecule has 264 valence electrons. The number of fused-ring (bicyclic) bond motifs is 15. The van der Waals surface area contributed by atoms with E-state index in [0.29, 0.717) is 0 Å². The number of hydrogen-bond acceptors (Lipinski definition) is 2. The van der Waals surface area contributed by atoms with Crippen LogP contribution in [-0.2, 0) is 5.41 Å². The summed E-state index contributed by atoms with van der Waals surface area (Å²) < 4.78 is 0. The molecule has 2 nitrogen and oxygen atoms in total. The topological polar surface area (TPSA) is 24.4 Å². The van der Waals surface area contributed by atoms with E-state index in [1.165, 1.54) is 88.7 Å². The Morgan fingerprint density at radius 2 is 0.982 bits per heavy atom. The molecule has 0 fully saturated rings. The number of aliphatic imine (C=N–C) groups is 1. The number of nitrogens with one attached hydrogen (secondary N) is 1. The van der Waals surface area contributed by atoms with Gasteiger partial charge < -0.3 is 5.32 Å². The van der Waals surface area contributed by atoms with Crippen molar-refractivity contribution in [3.8, 4) is 55.6 Å². The van der Waals surface area contributed by atoms with E-state index in [1.54, 1.807) is 0 Å². The predicted molar refractivity (Wildman–Crippen MR) is 235 cm³/mol. The Hall–Kier alpha value is -7.29. The molecule has 1 spiro atoms. The highest BCUT2D eigenvalue weighted by Crippen LogP contribution is 2.65. The Morgan fingerprint density at radius 1 is 0.386 bits per heavy atom. The minimum Gasteiger partial charge on any atom is -0.360 e. The first-order valence-corrected chi connectivity index (χ1v) is 19.9. The van der Waals surface area contributed by atoms with Gasteiger partial charge in [0, 0.05) is 16.8 Å². The molecule has 9 aromatic carbocycles. The fourth-order valence-corrected chi connectivity index (χ4v) is 10.7. The molecule has 1 aliphatic heterocycles. The molecule has 57 heavy (non-hydrogen) atoms. The maximum absolute atomic E-state index is 5.55. The van der Waals surface area contributed by atoms with Crippen molar-refractivity contribution < 1.29 is 0 Å². The SMILES string of the molecule is c1ccc(-c2ccc(C3=NC(c4ccc5c(c4)C4(c6ccccc6-5)c5ccccc5-c5c4cc4c6c(cccc56)-c5ccccc5-4)Nc4ccccc43)cc2)cc1. The summed E-state index contributed by atoms with van der Waals surface area (Å²) in [7, 11) is 0. The average molecular weight is 723 g/mol. The van der Waals surface area contributed by atoms with Crippen molar-refractivity contribution in [3.05, 3.63) is 233 Å². The number of nitrogens with zero attached hydrogens (tertiary/aromatic N) is 1. The molecule has 0 radical (unpaired) electrons. The lowest BCUT2D eigenvalue weighted by molar-refractivity contribution is 0.780. The summed E-state index contributed by atoms with van der Waals surface area (Å²) in [5.74, 6) is 0. The van der Waals surface area contributed by atoms with E-state index in [0.717, 1.165) is 28.1 Å². The largest absolute Gasteiger partial charge is 0.360 e. The average Bonchev–Trinajstić information content (AvgIpc) is 3.89. The third kappa shape index (κ3) is 4.06. The summed E-state index contributed by atoms with van der Waals surface area (Å²) >= 11 is 0. The van der Waals surface area contributed by atoms with Gasteiger partial charge >= 0.3 is 0 Å². The zero-order chi connectivity index (χ0) is 37.2. The van der Waals surface area contributed by atoms with E-state index in [2.05, 4.69) is 199 Å². The fraction of sp³-hybridized carbons (Fsp3) is 0.0364. The van der Waals surface area contributed by atoms with Crippen LogP contribution in [0.15, 0.2) is 199 Å². The molecular formula is C55H34N2. The zero-order valence-corrected chi connectivity index (χ0v) is 31.0. The van der Waals surface area contributed by atoms with Gasteiger partial charge in [-0.05, 0) is 112 Å². The Balaban J connectivity index is 1.04. The van der Waals surface area contributed by atoms with Crippen LogP contribution in [0.1, 0.15) is 45.1 Å². The van der Waals surface area contributed by atoms with E-state index in [4.69, 9.17) is 4.99 Å². The highest BCUT2D eigenvalue weighted by atomic mass is 15.1. The van der Waals surface area contributed by atoms with Crippen LogP contribution in [0.25, 0.3) is 66.4 Å². The van der Waals surface area contributed by atoms with Gasteiger partial charge in [0.25, 0.3) is 0 Å². The molecule has 0 saturated carbocycles. The molecule has 2 heteroatoms. The van der Waals surface area contributed by atoms with Gasteiger partial charge in [-0.2, -0.15) is 0 Å². The molecule has 3 aliphatic carbocycles. The second-order valence-corrected chi connectivity index (χ2v) is 15.8. The molecule has 4 aliphatic rings. The molecule has 0 bridgehead atoms. The minimum atomic E-state index is -0.488. The van der Waals surface area contributed by atoms with Crippen LogP contribution in [0.5, 0.6) is 0 Å². The molecule has 0 saturated heterocycles. The van der Waals surface area contributed by atoms with Gasteiger partial charge in [0.2, 0.25) is 0 Å². The third-order valence-corrected chi connectivity index (χ3v) is 13.1. The van der Waals surface area contributed by atoms with Gasteiger partial charge in [0.05, 0.1) is 11.1 Å². The van der Waals surface area contributed by atoms with Crippen molar-refractivity contribution in [2.24, 2.45) is 4.99 Å². The van der Waals surface area contributed by atoms with Gasteiger partial charge in [-0.25, -0.2) is 0 Å². The van der Waals surface area contributed by atoms with Crippen molar-refractivity contribution in [2.75, 3.05) is 5.32 Å². The summed E-state index contributed by atoms with van der Waals surface area (Å²) in [5.41, 5.74) is 23.4. The molecule has 9 aromatic rings.